The molecule has 3 atom stereocenters. The predicted octanol–water partition coefficient (Wildman–Crippen LogP) is 4.01. The summed E-state index contributed by atoms with van der Waals surface area (Å²) < 4.78 is 25.6. The van der Waals surface area contributed by atoms with E-state index < -0.39 is 42.3 Å². The molecule has 11 nitrogen and oxygen atoms in total. The SMILES string of the molecule is CCCOC(=O)Oc1ccc(C(CC(C)OC(=O)C(C)C)[C@H](N)C(=O)O)cc1OC(=O)OCCC. The van der Waals surface area contributed by atoms with E-state index in [0.717, 1.165) is 0 Å². The molecule has 11 heteroatoms. The molecule has 0 aliphatic rings. The molecule has 0 amide bonds. The molecule has 0 bridgehead atoms. The maximum absolute atomic E-state index is 12.1. The Bertz CT molecular complexity index is 870. The zero-order valence-corrected chi connectivity index (χ0v) is 20.8. The summed E-state index contributed by atoms with van der Waals surface area (Å²) in [5, 5.41) is 9.54. The molecule has 0 spiro atoms. The predicted molar refractivity (Wildman–Crippen MR) is 124 cm³/mol. The molecule has 0 aliphatic carbocycles. The minimum Gasteiger partial charge on any atom is -0.480 e. The molecule has 0 aliphatic heterocycles. The van der Waals surface area contributed by atoms with Crippen LogP contribution in [0.4, 0.5) is 9.59 Å². The first-order valence-corrected chi connectivity index (χ1v) is 11.5. The van der Waals surface area contributed by atoms with Crippen molar-refractivity contribution in [3.8, 4) is 11.5 Å². The third-order valence-electron chi connectivity index (χ3n) is 4.72. The minimum absolute atomic E-state index is 0.0738. The van der Waals surface area contributed by atoms with Crippen LogP contribution in [0.5, 0.6) is 11.5 Å². The van der Waals surface area contributed by atoms with Crippen molar-refractivity contribution in [2.45, 2.75) is 71.9 Å². The third kappa shape index (κ3) is 10.2. The number of carboxylic acid groups (broad SMARTS) is 1. The Morgan fingerprint density at radius 3 is 1.94 bits per heavy atom. The van der Waals surface area contributed by atoms with E-state index >= 15 is 0 Å². The van der Waals surface area contributed by atoms with Crippen LogP contribution in [0.3, 0.4) is 0 Å². The molecule has 0 aromatic heterocycles. The number of hydrogen-bond acceptors (Lipinski definition) is 10. The molecular formula is C24H35NO10. The van der Waals surface area contributed by atoms with Crippen LogP contribution in [0.15, 0.2) is 18.2 Å². The smallest absolute Gasteiger partial charge is 0.480 e. The number of carboxylic acids is 1. The molecule has 0 saturated carbocycles. The first-order chi connectivity index (χ1) is 16.5. The lowest BCUT2D eigenvalue weighted by Crippen LogP contribution is -2.38. The Morgan fingerprint density at radius 2 is 1.46 bits per heavy atom. The summed E-state index contributed by atoms with van der Waals surface area (Å²) >= 11 is 0. The van der Waals surface area contributed by atoms with E-state index in [1.54, 1.807) is 27.7 Å². The lowest BCUT2D eigenvalue weighted by atomic mass is 9.87. The zero-order chi connectivity index (χ0) is 26.5. The molecule has 1 aromatic carbocycles. The normalized spacial score (nSPS) is 13.3. The maximum atomic E-state index is 12.1. The van der Waals surface area contributed by atoms with Gasteiger partial charge in [-0.2, -0.15) is 0 Å². The number of hydrogen-bond donors (Lipinski definition) is 2. The van der Waals surface area contributed by atoms with Crippen molar-refractivity contribution in [3.63, 3.8) is 0 Å². The van der Waals surface area contributed by atoms with Crippen molar-refractivity contribution in [1.29, 1.82) is 0 Å². The number of nitrogens with two attached hydrogens (primary N) is 1. The fraction of sp³-hybridized carbons (Fsp3) is 0.583. The summed E-state index contributed by atoms with van der Waals surface area (Å²) in [7, 11) is 0. The third-order valence-corrected chi connectivity index (χ3v) is 4.72. The van der Waals surface area contributed by atoms with Gasteiger partial charge in [0.1, 0.15) is 6.04 Å². The molecule has 1 aromatic rings. The topological polar surface area (TPSA) is 161 Å². The second-order valence-corrected chi connectivity index (χ2v) is 8.22. The lowest BCUT2D eigenvalue weighted by Gasteiger charge is -2.25. The first-order valence-electron chi connectivity index (χ1n) is 11.5. The maximum Gasteiger partial charge on any atom is 0.513 e. The highest BCUT2D eigenvalue weighted by Crippen LogP contribution is 2.35. The second kappa shape index (κ2) is 14.8. The van der Waals surface area contributed by atoms with E-state index in [4.69, 9.17) is 29.4 Å². The van der Waals surface area contributed by atoms with Gasteiger partial charge in [-0.25, -0.2) is 9.59 Å². The number of benzene rings is 1. The van der Waals surface area contributed by atoms with Crippen molar-refractivity contribution in [2.24, 2.45) is 11.7 Å². The fourth-order valence-corrected chi connectivity index (χ4v) is 2.93. The van der Waals surface area contributed by atoms with Gasteiger partial charge < -0.3 is 34.5 Å². The van der Waals surface area contributed by atoms with Crippen LogP contribution in [-0.2, 0) is 23.8 Å². The van der Waals surface area contributed by atoms with Crippen LogP contribution < -0.4 is 15.2 Å². The van der Waals surface area contributed by atoms with E-state index in [1.807, 2.05) is 6.92 Å². The van der Waals surface area contributed by atoms with Gasteiger partial charge in [-0.05, 0) is 43.9 Å². The average molecular weight is 498 g/mol. The van der Waals surface area contributed by atoms with E-state index in [1.165, 1.54) is 18.2 Å². The van der Waals surface area contributed by atoms with E-state index in [9.17, 15) is 24.3 Å². The van der Waals surface area contributed by atoms with Crippen LogP contribution in [0, 0.1) is 5.92 Å². The van der Waals surface area contributed by atoms with Gasteiger partial charge in [0.15, 0.2) is 11.5 Å². The Labute approximate surface area is 204 Å². The highest BCUT2D eigenvalue weighted by atomic mass is 16.7. The lowest BCUT2D eigenvalue weighted by molar-refractivity contribution is -0.152. The molecule has 2 unspecified atom stereocenters. The van der Waals surface area contributed by atoms with Crippen molar-refractivity contribution in [1.82, 2.24) is 0 Å². The highest BCUT2D eigenvalue weighted by Gasteiger charge is 2.30. The Kier molecular flexibility index (Phi) is 12.6. The van der Waals surface area contributed by atoms with Crippen LogP contribution in [0.2, 0.25) is 0 Å². The van der Waals surface area contributed by atoms with Crippen molar-refractivity contribution in [2.75, 3.05) is 13.2 Å². The monoisotopic (exact) mass is 497 g/mol. The van der Waals surface area contributed by atoms with E-state index in [0.29, 0.717) is 18.4 Å². The van der Waals surface area contributed by atoms with Gasteiger partial charge in [-0.1, -0.05) is 33.8 Å². The van der Waals surface area contributed by atoms with Gasteiger partial charge in [-0.15, -0.1) is 0 Å². The van der Waals surface area contributed by atoms with E-state index in [-0.39, 0.29) is 37.1 Å². The molecule has 196 valence electrons. The Hall–Kier alpha value is -3.34. The number of carbonyl (C=O) groups is 4. The van der Waals surface area contributed by atoms with E-state index in [2.05, 4.69) is 0 Å². The van der Waals surface area contributed by atoms with Crippen LogP contribution in [0.25, 0.3) is 0 Å². The summed E-state index contributed by atoms with van der Waals surface area (Å²) in [6.07, 6.45) is -1.48. The highest BCUT2D eigenvalue weighted by molar-refractivity contribution is 5.75. The molecule has 1 rings (SSSR count). The van der Waals surface area contributed by atoms with Crippen LogP contribution >= 0.6 is 0 Å². The largest absolute Gasteiger partial charge is 0.513 e. The molecule has 3 N–H and O–H groups in total. The molecule has 0 fully saturated rings. The van der Waals surface area contributed by atoms with Crippen LogP contribution in [0.1, 0.15) is 65.4 Å². The summed E-state index contributed by atoms with van der Waals surface area (Å²) in [5.41, 5.74) is 6.31. The molecule has 0 radical (unpaired) electrons. The van der Waals surface area contributed by atoms with Gasteiger partial charge in [-0.3, -0.25) is 9.59 Å². The van der Waals surface area contributed by atoms with Gasteiger partial charge in [0.25, 0.3) is 0 Å². The standard InChI is InChI=1S/C24H35NO10/c1-6-10-31-23(29)34-18-9-8-16(13-19(18)35-24(30)32-11-7-2)17(20(25)21(26)27)12-15(5)33-22(28)14(3)4/h8-9,13-15,17,20H,6-7,10-12,25H2,1-5H3,(H,26,27)/t15?,17?,20-/m0/s1. The number of aliphatic carboxylic acids is 1. The fourth-order valence-electron chi connectivity index (χ4n) is 2.93. The zero-order valence-electron chi connectivity index (χ0n) is 20.8. The summed E-state index contributed by atoms with van der Waals surface area (Å²) in [4.78, 5) is 47.7. The molecular weight excluding hydrogens is 462 g/mol. The summed E-state index contributed by atoms with van der Waals surface area (Å²) in [5.74, 6) is -3.22. The average Bonchev–Trinajstić information content (AvgIpc) is 2.80. The van der Waals surface area contributed by atoms with Gasteiger partial charge in [0.2, 0.25) is 0 Å². The number of carbonyl (C=O) groups excluding carboxylic acids is 3. The Balaban J connectivity index is 3.30. The quantitative estimate of drug-likeness (QED) is 0.230. The van der Waals surface area contributed by atoms with Gasteiger partial charge in [0, 0.05) is 5.92 Å². The van der Waals surface area contributed by atoms with Crippen LogP contribution in [-0.4, -0.2) is 54.7 Å². The minimum atomic E-state index is -1.36. The molecule has 0 saturated heterocycles. The second-order valence-electron chi connectivity index (χ2n) is 8.22. The van der Waals surface area contributed by atoms with Gasteiger partial charge >= 0.3 is 24.2 Å². The Morgan fingerprint density at radius 1 is 0.914 bits per heavy atom. The molecule has 0 heterocycles. The number of rotatable bonds is 13. The first kappa shape index (κ1) is 29.7. The van der Waals surface area contributed by atoms with Crippen molar-refractivity contribution < 1.29 is 48.0 Å². The number of ether oxygens (including phenoxy) is 5. The van der Waals surface area contributed by atoms with Crippen molar-refractivity contribution in [3.05, 3.63) is 23.8 Å². The number of esters is 1. The van der Waals surface area contributed by atoms with Gasteiger partial charge in [0.05, 0.1) is 25.2 Å². The van der Waals surface area contributed by atoms with Crippen molar-refractivity contribution >= 4 is 24.2 Å². The molecule has 35 heavy (non-hydrogen) atoms. The summed E-state index contributed by atoms with van der Waals surface area (Å²) in [6.45, 7) is 8.85. The summed E-state index contributed by atoms with van der Waals surface area (Å²) in [6, 6.07) is 2.78.